The molecular formula is C22H25FN2O4. The molecule has 0 bridgehead atoms. The largest absolute Gasteiger partial charge is 0.467 e. The minimum atomic E-state index is -0.959. The normalized spacial score (nSPS) is 12.6. The van der Waals surface area contributed by atoms with Gasteiger partial charge in [-0.3, -0.25) is 9.59 Å². The van der Waals surface area contributed by atoms with Gasteiger partial charge < -0.3 is 15.4 Å². The number of hydrogen-bond donors (Lipinski definition) is 2. The number of hydrogen-bond acceptors (Lipinski definition) is 4. The van der Waals surface area contributed by atoms with E-state index in [1.54, 1.807) is 6.07 Å². The van der Waals surface area contributed by atoms with Crippen LogP contribution in [-0.4, -0.2) is 37.0 Å². The van der Waals surface area contributed by atoms with Gasteiger partial charge in [-0.15, -0.1) is 0 Å². The summed E-state index contributed by atoms with van der Waals surface area (Å²) in [6, 6.07) is 11.5. The Balaban J connectivity index is 2.16. The number of halogens is 1. The molecule has 2 amide bonds. The Hall–Kier alpha value is -3.22. The van der Waals surface area contributed by atoms with Gasteiger partial charge in [0.25, 0.3) is 0 Å². The Labute approximate surface area is 169 Å². The van der Waals surface area contributed by atoms with Gasteiger partial charge in [0.05, 0.1) is 7.11 Å². The highest BCUT2D eigenvalue weighted by molar-refractivity contribution is 5.90. The van der Waals surface area contributed by atoms with Crippen molar-refractivity contribution in [2.45, 2.75) is 38.8 Å². The van der Waals surface area contributed by atoms with Crippen molar-refractivity contribution < 1.29 is 23.5 Å². The molecule has 0 fully saturated rings. The van der Waals surface area contributed by atoms with E-state index in [1.165, 1.54) is 32.2 Å². The topological polar surface area (TPSA) is 84.5 Å². The van der Waals surface area contributed by atoms with Gasteiger partial charge in [0.1, 0.15) is 17.9 Å². The second-order valence-electron chi connectivity index (χ2n) is 6.86. The molecule has 29 heavy (non-hydrogen) atoms. The number of esters is 1. The monoisotopic (exact) mass is 400 g/mol. The van der Waals surface area contributed by atoms with E-state index in [0.29, 0.717) is 5.56 Å². The zero-order chi connectivity index (χ0) is 21.4. The summed E-state index contributed by atoms with van der Waals surface area (Å²) in [5.74, 6) is -1.98. The van der Waals surface area contributed by atoms with Crippen molar-refractivity contribution in [3.8, 4) is 0 Å². The molecular weight excluding hydrogens is 375 g/mol. The lowest BCUT2D eigenvalue weighted by atomic mass is 10.0. The predicted octanol–water partition coefficient (Wildman–Crippen LogP) is 2.08. The molecule has 2 aromatic carbocycles. The second kappa shape index (κ2) is 10.4. The standard InChI is InChI=1S/C22H25FN2O4/c1-14-7-9-16(10-8-14)12-20(22(28)29-3)25-21(27)19(24-15(2)26)13-17-5-4-6-18(23)11-17/h4-11,19-20H,12-13H2,1-3H3,(H,24,26)(H,25,27)/t19-,20-/m0/s1. The van der Waals surface area contributed by atoms with E-state index in [4.69, 9.17) is 4.74 Å². The lowest BCUT2D eigenvalue weighted by Gasteiger charge is -2.22. The Bertz CT molecular complexity index is 867. The molecule has 0 saturated heterocycles. The number of carbonyl (C=O) groups is 3. The van der Waals surface area contributed by atoms with Gasteiger partial charge in [-0.1, -0.05) is 42.0 Å². The molecule has 0 radical (unpaired) electrons. The summed E-state index contributed by atoms with van der Waals surface area (Å²) in [5.41, 5.74) is 2.48. The molecule has 0 spiro atoms. The zero-order valence-corrected chi connectivity index (χ0v) is 16.7. The number of rotatable bonds is 8. The number of amides is 2. The first-order valence-electron chi connectivity index (χ1n) is 9.23. The second-order valence-corrected chi connectivity index (χ2v) is 6.86. The van der Waals surface area contributed by atoms with Crippen LogP contribution in [-0.2, 0) is 32.0 Å². The first-order chi connectivity index (χ1) is 13.8. The highest BCUT2D eigenvalue weighted by Gasteiger charge is 2.27. The third-order valence-electron chi connectivity index (χ3n) is 4.39. The van der Waals surface area contributed by atoms with Crippen LogP contribution in [0, 0.1) is 12.7 Å². The van der Waals surface area contributed by atoms with E-state index >= 15 is 0 Å². The molecule has 0 aliphatic heterocycles. The van der Waals surface area contributed by atoms with Crippen molar-refractivity contribution in [2.24, 2.45) is 0 Å². The average molecular weight is 400 g/mol. The van der Waals surface area contributed by atoms with Crippen LogP contribution in [0.4, 0.5) is 4.39 Å². The van der Waals surface area contributed by atoms with Crippen LogP contribution >= 0.6 is 0 Å². The fourth-order valence-corrected chi connectivity index (χ4v) is 2.92. The van der Waals surface area contributed by atoms with E-state index in [1.807, 2.05) is 31.2 Å². The first kappa shape index (κ1) is 22.1. The van der Waals surface area contributed by atoms with Crippen molar-refractivity contribution in [1.82, 2.24) is 10.6 Å². The van der Waals surface area contributed by atoms with Gasteiger partial charge in [0, 0.05) is 19.8 Å². The molecule has 0 aromatic heterocycles. The quantitative estimate of drug-likeness (QED) is 0.665. The minimum Gasteiger partial charge on any atom is -0.467 e. The van der Waals surface area contributed by atoms with Crippen molar-refractivity contribution >= 4 is 17.8 Å². The van der Waals surface area contributed by atoms with Crippen molar-refractivity contribution in [1.29, 1.82) is 0 Å². The van der Waals surface area contributed by atoms with Crippen molar-refractivity contribution in [2.75, 3.05) is 7.11 Å². The SMILES string of the molecule is COC(=O)[C@H](Cc1ccc(C)cc1)NC(=O)[C@H](Cc1cccc(F)c1)NC(C)=O. The number of nitrogens with one attached hydrogen (secondary N) is 2. The Morgan fingerprint density at radius 3 is 2.21 bits per heavy atom. The molecule has 2 atom stereocenters. The van der Waals surface area contributed by atoms with Gasteiger partial charge in [-0.2, -0.15) is 0 Å². The molecule has 2 aromatic rings. The lowest BCUT2D eigenvalue weighted by Crippen LogP contribution is -2.53. The molecule has 0 saturated carbocycles. The molecule has 154 valence electrons. The Kier molecular flexibility index (Phi) is 7.88. The van der Waals surface area contributed by atoms with Crippen molar-refractivity contribution in [3.63, 3.8) is 0 Å². The van der Waals surface area contributed by atoms with Crippen LogP contribution < -0.4 is 10.6 Å². The molecule has 2 rings (SSSR count). The van der Waals surface area contributed by atoms with Gasteiger partial charge in [-0.05, 0) is 30.2 Å². The number of ether oxygens (including phenoxy) is 1. The molecule has 0 aliphatic carbocycles. The summed E-state index contributed by atoms with van der Waals surface area (Å²) in [5, 5.41) is 5.20. The van der Waals surface area contributed by atoms with E-state index in [9.17, 15) is 18.8 Å². The third-order valence-corrected chi connectivity index (χ3v) is 4.39. The summed E-state index contributed by atoms with van der Waals surface area (Å²) in [6.45, 7) is 3.24. The summed E-state index contributed by atoms with van der Waals surface area (Å²) >= 11 is 0. The molecule has 6 nitrogen and oxygen atoms in total. The van der Waals surface area contributed by atoms with Crippen LogP contribution in [0.15, 0.2) is 48.5 Å². The zero-order valence-electron chi connectivity index (χ0n) is 16.7. The maximum absolute atomic E-state index is 13.5. The maximum Gasteiger partial charge on any atom is 0.328 e. The van der Waals surface area contributed by atoms with Crippen LogP contribution in [0.1, 0.15) is 23.6 Å². The molecule has 0 unspecified atom stereocenters. The minimum absolute atomic E-state index is 0.0849. The van der Waals surface area contributed by atoms with Crippen LogP contribution in [0.5, 0.6) is 0 Å². The smallest absolute Gasteiger partial charge is 0.328 e. The summed E-state index contributed by atoms with van der Waals surface area (Å²) in [4.78, 5) is 36.6. The van der Waals surface area contributed by atoms with Gasteiger partial charge in [0.15, 0.2) is 0 Å². The highest BCUT2D eigenvalue weighted by Crippen LogP contribution is 2.10. The molecule has 2 N–H and O–H groups in total. The number of methoxy groups -OCH3 is 1. The average Bonchev–Trinajstić information content (AvgIpc) is 2.67. The maximum atomic E-state index is 13.5. The van der Waals surface area contributed by atoms with E-state index in [2.05, 4.69) is 10.6 Å². The number of benzene rings is 2. The predicted molar refractivity (Wildman–Crippen MR) is 107 cm³/mol. The molecule has 0 aliphatic rings. The Morgan fingerprint density at radius 2 is 1.62 bits per heavy atom. The van der Waals surface area contributed by atoms with Crippen LogP contribution in [0.2, 0.25) is 0 Å². The van der Waals surface area contributed by atoms with Gasteiger partial charge in [-0.25, -0.2) is 9.18 Å². The van der Waals surface area contributed by atoms with E-state index < -0.39 is 35.7 Å². The van der Waals surface area contributed by atoms with Crippen molar-refractivity contribution in [3.05, 3.63) is 71.0 Å². The van der Waals surface area contributed by atoms with E-state index in [-0.39, 0.29) is 12.8 Å². The van der Waals surface area contributed by atoms with Gasteiger partial charge in [0.2, 0.25) is 11.8 Å². The summed E-state index contributed by atoms with van der Waals surface area (Å²) in [6.07, 6.45) is 0.326. The number of aryl methyl sites for hydroxylation is 1. The fourth-order valence-electron chi connectivity index (χ4n) is 2.92. The molecule has 7 heteroatoms. The van der Waals surface area contributed by atoms with E-state index in [0.717, 1.165) is 11.1 Å². The van der Waals surface area contributed by atoms with Gasteiger partial charge >= 0.3 is 5.97 Å². The fraction of sp³-hybridized carbons (Fsp3) is 0.318. The molecule has 0 heterocycles. The van der Waals surface area contributed by atoms with Crippen LogP contribution in [0.3, 0.4) is 0 Å². The lowest BCUT2D eigenvalue weighted by molar-refractivity contribution is -0.145. The first-order valence-corrected chi connectivity index (χ1v) is 9.23. The summed E-state index contributed by atoms with van der Waals surface area (Å²) < 4.78 is 18.3. The third kappa shape index (κ3) is 7.03. The highest BCUT2D eigenvalue weighted by atomic mass is 19.1. The Morgan fingerprint density at radius 1 is 0.966 bits per heavy atom. The van der Waals surface area contributed by atoms with Crippen LogP contribution in [0.25, 0.3) is 0 Å². The number of carbonyl (C=O) groups excluding carboxylic acids is 3. The summed E-state index contributed by atoms with van der Waals surface area (Å²) in [7, 11) is 1.24.